The second kappa shape index (κ2) is 6.17. The zero-order valence-corrected chi connectivity index (χ0v) is 11.7. The zero-order chi connectivity index (χ0) is 14.5. The second-order valence-electron chi connectivity index (χ2n) is 4.86. The van der Waals surface area contributed by atoms with Crippen molar-refractivity contribution >= 4 is 5.82 Å². The van der Waals surface area contributed by atoms with Crippen molar-refractivity contribution in [3.63, 3.8) is 0 Å². The third kappa shape index (κ3) is 3.45. The maximum atomic E-state index is 5.86. The molecule has 0 radical (unpaired) electrons. The van der Waals surface area contributed by atoms with E-state index in [-0.39, 0.29) is 0 Å². The predicted octanol–water partition coefficient (Wildman–Crippen LogP) is 2.42. The molecule has 0 saturated heterocycles. The fraction of sp³-hybridized carbons (Fsp3) is 0.188. The van der Waals surface area contributed by atoms with Crippen LogP contribution in [0.1, 0.15) is 17.8 Å². The highest BCUT2D eigenvalue weighted by molar-refractivity contribution is 5.36. The number of nitrogens with two attached hydrogens (primary N) is 1. The van der Waals surface area contributed by atoms with Crippen molar-refractivity contribution in [3.05, 3.63) is 66.2 Å². The average molecular weight is 279 g/mol. The minimum atomic E-state index is 0.477. The van der Waals surface area contributed by atoms with Crippen molar-refractivity contribution in [1.82, 2.24) is 19.7 Å². The van der Waals surface area contributed by atoms with Gasteiger partial charge in [0.05, 0.1) is 0 Å². The van der Waals surface area contributed by atoms with Crippen molar-refractivity contribution in [3.8, 4) is 5.82 Å². The van der Waals surface area contributed by atoms with Crippen LogP contribution in [0.3, 0.4) is 0 Å². The minimum Gasteiger partial charge on any atom is -0.384 e. The van der Waals surface area contributed by atoms with E-state index in [1.165, 1.54) is 5.56 Å². The number of nitrogens with zero attached hydrogens (tertiary/aromatic N) is 4. The van der Waals surface area contributed by atoms with Crippen LogP contribution in [0, 0.1) is 0 Å². The van der Waals surface area contributed by atoms with Crippen molar-refractivity contribution in [2.45, 2.75) is 19.3 Å². The Hall–Kier alpha value is -2.69. The molecule has 0 saturated carbocycles. The summed E-state index contributed by atoms with van der Waals surface area (Å²) >= 11 is 0. The van der Waals surface area contributed by atoms with Gasteiger partial charge in [-0.05, 0) is 24.5 Å². The summed E-state index contributed by atoms with van der Waals surface area (Å²) in [5.41, 5.74) is 7.18. The van der Waals surface area contributed by atoms with Crippen molar-refractivity contribution in [2.75, 3.05) is 5.73 Å². The molecule has 5 nitrogen and oxygen atoms in total. The van der Waals surface area contributed by atoms with E-state index in [1.54, 1.807) is 16.9 Å². The Labute approximate surface area is 123 Å². The molecule has 21 heavy (non-hydrogen) atoms. The Balaban J connectivity index is 1.68. The highest BCUT2D eigenvalue weighted by Gasteiger charge is 2.05. The second-order valence-corrected chi connectivity index (χ2v) is 4.86. The summed E-state index contributed by atoms with van der Waals surface area (Å²) in [6.07, 6.45) is 6.36. The Morgan fingerprint density at radius 2 is 1.86 bits per heavy atom. The maximum absolute atomic E-state index is 5.86. The molecule has 0 aliphatic heterocycles. The van der Waals surface area contributed by atoms with Gasteiger partial charge in [0.2, 0.25) is 0 Å². The van der Waals surface area contributed by atoms with Gasteiger partial charge in [-0.2, -0.15) is 5.10 Å². The van der Waals surface area contributed by atoms with Gasteiger partial charge in [0, 0.05) is 24.9 Å². The summed E-state index contributed by atoms with van der Waals surface area (Å²) in [4.78, 5) is 8.82. The molecular formula is C16H17N5. The van der Waals surface area contributed by atoms with Gasteiger partial charge >= 0.3 is 0 Å². The van der Waals surface area contributed by atoms with E-state index in [9.17, 15) is 0 Å². The summed E-state index contributed by atoms with van der Waals surface area (Å²) < 4.78 is 1.69. The molecule has 0 aliphatic rings. The van der Waals surface area contributed by atoms with E-state index in [0.717, 1.165) is 25.1 Å². The van der Waals surface area contributed by atoms with Crippen LogP contribution >= 0.6 is 0 Å². The lowest BCUT2D eigenvalue weighted by Gasteiger charge is -2.06. The van der Waals surface area contributed by atoms with Gasteiger partial charge < -0.3 is 5.73 Å². The molecule has 0 bridgehead atoms. The van der Waals surface area contributed by atoms with Gasteiger partial charge in [0.15, 0.2) is 5.82 Å². The summed E-state index contributed by atoms with van der Waals surface area (Å²) in [6, 6.07) is 14.0. The van der Waals surface area contributed by atoms with Crippen LogP contribution in [0.2, 0.25) is 0 Å². The Bertz CT molecular complexity index is 692. The first-order chi connectivity index (χ1) is 10.3. The van der Waals surface area contributed by atoms with Crippen LogP contribution in [-0.4, -0.2) is 19.7 Å². The van der Waals surface area contributed by atoms with Crippen molar-refractivity contribution in [1.29, 1.82) is 0 Å². The molecule has 0 spiro atoms. The first kappa shape index (κ1) is 13.3. The number of hydrogen-bond donors (Lipinski definition) is 1. The average Bonchev–Trinajstić information content (AvgIpc) is 3.02. The Morgan fingerprint density at radius 3 is 2.62 bits per heavy atom. The van der Waals surface area contributed by atoms with Gasteiger partial charge in [-0.25, -0.2) is 14.6 Å². The Kier molecular flexibility index (Phi) is 3.91. The zero-order valence-electron chi connectivity index (χ0n) is 11.7. The molecule has 2 N–H and O–H groups in total. The first-order valence-electron chi connectivity index (χ1n) is 6.98. The highest BCUT2D eigenvalue weighted by Crippen LogP contribution is 2.10. The summed E-state index contributed by atoms with van der Waals surface area (Å²) in [5, 5.41) is 4.17. The maximum Gasteiger partial charge on any atom is 0.159 e. The van der Waals surface area contributed by atoms with Gasteiger partial charge in [-0.15, -0.1) is 0 Å². The van der Waals surface area contributed by atoms with Crippen LogP contribution in [0.15, 0.2) is 54.9 Å². The van der Waals surface area contributed by atoms with Crippen LogP contribution < -0.4 is 5.73 Å². The van der Waals surface area contributed by atoms with Gasteiger partial charge in [0.1, 0.15) is 11.6 Å². The van der Waals surface area contributed by atoms with Crippen molar-refractivity contribution in [2.24, 2.45) is 0 Å². The molecule has 2 heterocycles. The topological polar surface area (TPSA) is 69.6 Å². The lowest BCUT2D eigenvalue weighted by atomic mass is 10.1. The SMILES string of the molecule is Nc1cc(-n2cccn2)nc(CCCc2ccccc2)n1. The molecule has 0 fully saturated rings. The van der Waals surface area contributed by atoms with E-state index in [1.807, 2.05) is 18.3 Å². The number of rotatable bonds is 5. The van der Waals surface area contributed by atoms with Crippen LogP contribution in [0.25, 0.3) is 5.82 Å². The molecule has 0 amide bonds. The van der Waals surface area contributed by atoms with Crippen LogP contribution in [0.5, 0.6) is 0 Å². The summed E-state index contributed by atoms with van der Waals surface area (Å²) in [6.45, 7) is 0. The number of benzene rings is 1. The van der Waals surface area contributed by atoms with Gasteiger partial charge in [-0.3, -0.25) is 0 Å². The molecule has 0 atom stereocenters. The van der Waals surface area contributed by atoms with E-state index in [0.29, 0.717) is 11.6 Å². The lowest BCUT2D eigenvalue weighted by Crippen LogP contribution is -2.06. The van der Waals surface area contributed by atoms with Crippen LogP contribution in [-0.2, 0) is 12.8 Å². The number of nitrogen functional groups attached to an aromatic ring is 1. The fourth-order valence-corrected chi connectivity index (χ4v) is 2.23. The van der Waals surface area contributed by atoms with E-state index < -0.39 is 0 Å². The quantitative estimate of drug-likeness (QED) is 0.778. The monoisotopic (exact) mass is 279 g/mol. The van der Waals surface area contributed by atoms with Crippen molar-refractivity contribution < 1.29 is 0 Å². The van der Waals surface area contributed by atoms with E-state index in [2.05, 4.69) is 39.3 Å². The van der Waals surface area contributed by atoms with E-state index in [4.69, 9.17) is 5.73 Å². The number of aryl methyl sites for hydroxylation is 2. The normalized spacial score (nSPS) is 10.7. The predicted molar refractivity (Wildman–Crippen MR) is 82.0 cm³/mol. The largest absolute Gasteiger partial charge is 0.384 e. The van der Waals surface area contributed by atoms with E-state index >= 15 is 0 Å². The standard InChI is InChI=1S/C16H17N5/c17-14-12-16(21-11-5-10-18-21)20-15(19-14)9-4-8-13-6-2-1-3-7-13/h1-3,5-7,10-12H,4,8-9H2,(H2,17,19,20). The van der Waals surface area contributed by atoms with Crippen LogP contribution in [0.4, 0.5) is 5.82 Å². The van der Waals surface area contributed by atoms with Gasteiger partial charge in [0.25, 0.3) is 0 Å². The molecule has 5 heteroatoms. The van der Waals surface area contributed by atoms with Gasteiger partial charge in [-0.1, -0.05) is 30.3 Å². The molecular weight excluding hydrogens is 262 g/mol. The highest BCUT2D eigenvalue weighted by atomic mass is 15.3. The molecule has 2 aromatic heterocycles. The summed E-state index contributed by atoms with van der Waals surface area (Å²) in [5.74, 6) is 1.95. The molecule has 3 rings (SSSR count). The molecule has 3 aromatic rings. The minimum absolute atomic E-state index is 0.477. The molecule has 106 valence electrons. The molecule has 0 unspecified atom stereocenters. The fourth-order valence-electron chi connectivity index (χ4n) is 2.23. The third-order valence-corrected chi connectivity index (χ3v) is 3.23. The molecule has 1 aromatic carbocycles. The lowest BCUT2D eigenvalue weighted by molar-refractivity contribution is 0.752. The Morgan fingerprint density at radius 1 is 1.00 bits per heavy atom. The smallest absolute Gasteiger partial charge is 0.159 e. The first-order valence-corrected chi connectivity index (χ1v) is 6.98. The third-order valence-electron chi connectivity index (χ3n) is 3.23. The number of anilines is 1. The molecule has 0 aliphatic carbocycles. The number of aromatic nitrogens is 4. The number of hydrogen-bond acceptors (Lipinski definition) is 4. The summed E-state index contributed by atoms with van der Waals surface area (Å²) in [7, 11) is 0.